The Hall–Kier alpha value is -1.86. The zero-order valence-electron chi connectivity index (χ0n) is 9.31. The lowest BCUT2D eigenvalue weighted by Gasteiger charge is -2.16. The highest BCUT2D eigenvalue weighted by Crippen LogP contribution is 2.07. The van der Waals surface area contributed by atoms with Crippen LogP contribution in [0.2, 0.25) is 0 Å². The van der Waals surface area contributed by atoms with Crippen LogP contribution in [0.3, 0.4) is 0 Å². The molecule has 0 aromatic heterocycles. The van der Waals surface area contributed by atoms with Crippen molar-refractivity contribution in [2.75, 3.05) is 13.6 Å². The van der Waals surface area contributed by atoms with E-state index in [9.17, 15) is 4.79 Å². The predicted molar refractivity (Wildman–Crippen MR) is 61.3 cm³/mol. The van der Waals surface area contributed by atoms with E-state index in [1.54, 1.807) is 24.1 Å². The fourth-order valence-electron chi connectivity index (χ4n) is 1.42. The lowest BCUT2D eigenvalue weighted by atomic mass is 10.1. The molecule has 0 heterocycles. The van der Waals surface area contributed by atoms with E-state index in [2.05, 4.69) is 6.07 Å². The van der Waals surface area contributed by atoms with Gasteiger partial charge in [0.15, 0.2) is 0 Å². The molecule has 1 aromatic carbocycles. The van der Waals surface area contributed by atoms with Crippen LogP contribution >= 0.6 is 0 Å². The average molecular weight is 217 g/mol. The molecule has 2 N–H and O–H groups in total. The van der Waals surface area contributed by atoms with Gasteiger partial charge < -0.3 is 10.6 Å². The third-order valence-electron chi connectivity index (χ3n) is 2.26. The molecule has 0 spiro atoms. The maximum absolute atomic E-state index is 11.5. The monoisotopic (exact) mass is 217 g/mol. The molecule has 1 amide bonds. The minimum Gasteiger partial charge on any atom is -0.341 e. The molecule has 0 aliphatic rings. The molecule has 16 heavy (non-hydrogen) atoms. The van der Waals surface area contributed by atoms with E-state index < -0.39 is 0 Å². The van der Waals surface area contributed by atoms with Crippen LogP contribution in [0, 0.1) is 11.3 Å². The zero-order chi connectivity index (χ0) is 12.0. The van der Waals surface area contributed by atoms with Crippen LogP contribution in [0.4, 0.5) is 0 Å². The minimum atomic E-state index is 0.0184. The number of carbonyl (C=O) groups excluding carboxylic acids is 1. The van der Waals surface area contributed by atoms with Gasteiger partial charge in [0.05, 0.1) is 11.6 Å². The van der Waals surface area contributed by atoms with Gasteiger partial charge in [-0.05, 0) is 17.7 Å². The van der Waals surface area contributed by atoms with Crippen molar-refractivity contribution < 1.29 is 4.79 Å². The number of carbonyl (C=O) groups is 1. The molecule has 0 unspecified atom stereocenters. The molecule has 84 valence electrons. The van der Waals surface area contributed by atoms with Crippen LogP contribution in [0.25, 0.3) is 0 Å². The lowest BCUT2D eigenvalue weighted by Crippen LogP contribution is -2.27. The third-order valence-corrected chi connectivity index (χ3v) is 2.26. The highest BCUT2D eigenvalue weighted by Gasteiger charge is 2.07. The van der Waals surface area contributed by atoms with Gasteiger partial charge >= 0.3 is 0 Å². The molecule has 0 fully saturated rings. The van der Waals surface area contributed by atoms with E-state index in [-0.39, 0.29) is 5.91 Å². The zero-order valence-corrected chi connectivity index (χ0v) is 9.31. The van der Waals surface area contributed by atoms with Gasteiger partial charge in [-0.3, -0.25) is 4.79 Å². The predicted octanol–water partition coefficient (Wildman–Crippen LogP) is 0.865. The van der Waals surface area contributed by atoms with Crippen molar-refractivity contribution in [3.8, 4) is 6.07 Å². The normalized spacial score (nSPS) is 9.56. The number of amides is 1. The second kappa shape index (κ2) is 5.89. The van der Waals surface area contributed by atoms with E-state index in [1.807, 2.05) is 12.1 Å². The Morgan fingerprint density at radius 2 is 2.31 bits per heavy atom. The summed E-state index contributed by atoms with van der Waals surface area (Å²) < 4.78 is 0. The standard InChI is InChI=1S/C12H15N3O/c1-15(12(16)5-6-13)9-11-4-2-3-10(7-11)8-14/h2-4,7H,5-6,9,13H2,1H3. The van der Waals surface area contributed by atoms with Crippen molar-refractivity contribution in [1.29, 1.82) is 5.26 Å². The maximum atomic E-state index is 11.5. The molecule has 1 aromatic rings. The second-order valence-corrected chi connectivity index (χ2v) is 3.60. The third kappa shape index (κ3) is 3.37. The molecular weight excluding hydrogens is 202 g/mol. The van der Waals surface area contributed by atoms with Crippen LogP contribution in [-0.4, -0.2) is 24.4 Å². The highest BCUT2D eigenvalue weighted by atomic mass is 16.2. The van der Waals surface area contributed by atoms with Gasteiger partial charge in [0.2, 0.25) is 5.91 Å². The van der Waals surface area contributed by atoms with Crippen LogP contribution in [0.15, 0.2) is 24.3 Å². The summed E-state index contributed by atoms with van der Waals surface area (Å²) >= 11 is 0. The Morgan fingerprint density at radius 1 is 1.56 bits per heavy atom. The van der Waals surface area contributed by atoms with Crippen molar-refractivity contribution in [3.63, 3.8) is 0 Å². The Morgan fingerprint density at radius 3 is 2.94 bits per heavy atom. The van der Waals surface area contributed by atoms with Gasteiger partial charge in [0.25, 0.3) is 0 Å². The lowest BCUT2D eigenvalue weighted by molar-refractivity contribution is -0.130. The number of nitrogens with zero attached hydrogens (tertiary/aromatic N) is 2. The fraction of sp³-hybridized carbons (Fsp3) is 0.333. The summed E-state index contributed by atoms with van der Waals surface area (Å²) in [4.78, 5) is 13.1. The van der Waals surface area contributed by atoms with Gasteiger partial charge in [0, 0.05) is 26.6 Å². The van der Waals surface area contributed by atoms with Crippen LogP contribution in [0.1, 0.15) is 17.5 Å². The topological polar surface area (TPSA) is 70.1 Å². The van der Waals surface area contributed by atoms with E-state index in [0.717, 1.165) is 5.56 Å². The molecule has 0 bridgehead atoms. The molecule has 0 aliphatic carbocycles. The van der Waals surface area contributed by atoms with Crippen molar-refractivity contribution in [1.82, 2.24) is 4.90 Å². The van der Waals surface area contributed by atoms with Crippen LogP contribution in [-0.2, 0) is 11.3 Å². The number of rotatable bonds is 4. The molecule has 0 saturated carbocycles. The Kier molecular flexibility index (Phi) is 4.49. The quantitative estimate of drug-likeness (QED) is 0.813. The number of benzene rings is 1. The van der Waals surface area contributed by atoms with Crippen LogP contribution < -0.4 is 5.73 Å². The minimum absolute atomic E-state index is 0.0184. The second-order valence-electron chi connectivity index (χ2n) is 3.60. The van der Waals surface area contributed by atoms with Gasteiger partial charge in [0.1, 0.15) is 0 Å². The Labute approximate surface area is 95.3 Å². The van der Waals surface area contributed by atoms with Gasteiger partial charge in [-0.15, -0.1) is 0 Å². The molecule has 0 aliphatic heterocycles. The number of nitrogens with two attached hydrogens (primary N) is 1. The highest BCUT2D eigenvalue weighted by molar-refractivity contribution is 5.76. The Balaban J connectivity index is 2.66. The summed E-state index contributed by atoms with van der Waals surface area (Å²) in [6, 6.07) is 9.31. The van der Waals surface area contributed by atoms with E-state index in [4.69, 9.17) is 11.0 Å². The molecular formula is C12H15N3O. The van der Waals surface area contributed by atoms with Crippen molar-refractivity contribution >= 4 is 5.91 Å². The van der Waals surface area contributed by atoms with E-state index in [1.165, 1.54) is 0 Å². The summed E-state index contributed by atoms with van der Waals surface area (Å²) in [6.45, 7) is 0.871. The van der Waals surface area contributed by atoms with Crippen LogP contribution in [0.5, 0.6) is 0 Å². The first-order valence-corrected chi connectivity index (χ1v) is 5.10. The molecule has 0 atom stereocenters. The first-order chi connectivity index (χ1) is 7.67. The van der Waals surface area contributed by atoms with Crippen molar-refractivity contribution in [2.24, 2.45) is 5.73 Å². The summed E-state index contributed by atoms with van der Waals surface area (Å²) in [6.07, 6.45) is 0.356. The SMILES string of the molecule is CN(Cc1cccc(C#N)c1)C(=O)CCN. The summed E-state index contributed by atoms with van der Waals surface area (Å²) in [5.41, 5.74) is 6.88. The molecule has 4 nitrogen and oxygen atoms in total. The first kappa shape index (κ1) is 12.2. The number of hydrogen-bond acceptors (Lipinski definition) is 3. The fourth-order valence-corrected chi connectivity index (χ4v) is 1.42. The van der Waals surface area contributed by atoms with Gasteiger partial charge in [-0.25, -0.2) is 0 Å². The largest absolute Gasteiger partial charge is 0.341 e. The maximum Gasteiger partial charge on any atom is 0.223 e. The molecule has 0 radical (unpaired) electrons. The van der Waals surface area contributed by atoms with E-state index in [0.29, 0.717) is 25.1 Å². The smallest absolute Gasteiger partial charge is 0.223 e. The average Bonchev–Trinajstić information content (AvgIpc) is 2.29. The number of nitriles is 1. The van der Waals surface area contributed by atoms with Gasteiger partial charge in [-0.1, -0.05) is 12.1 Å². The molecule has 1 rings (SSSR count). The summed E-state index contributed by atoms with van der Waals surface area (Å²) in [5.74, 6) is 0.0184. The van der Waals surface area contributed by atoms with E-state index >= 15 is 0 Å². The summed E-state index contributed by atoms with van der Waals surface area (Å²) in [7, 11) is 1.73. The molecule has 4 heteroatoms. The first-order valence-electron chi connectivity index (χ1n) is 5.10. The van der Waals surface area contributed by atoms with Crippen molar-refractivity contribution in [2.45, 2.75) is 13.0 Å². The molecule has 0 saturated heterocycles. The Bertz CT molecular complexity index is 409. The summed E-state index contributed by atoms with van der Waals surface area (Å²) in [5, 5.41) is 8.74. The number of hydrogen-bond donors (Lipinski definition) is 1. The van der Waals surface area contributed by atoms with Crippen molar-refractivity contribution in [3.05, 3.63) is 35.4 Å². The van der Waals surface area contributed by atoms with Gasteiger partial charge in [-0.2, -0.15) is 5.26 Å².